The van der Waals surface area contributed by atoms with Gasteiger partial charge >= 0.3 is 0 Å². The Bertz CT molecular complexity index is 625. The molecule has 0 radical (unpaired) electrons. The van der Waals surface area contributed by atoms with Gasteiger partial charge in [0.15, 0.2) is 0 Å². The van der Waals surface area contributed by atoms with Gasteiger partial charge in [-0.2, -0.15) is 0 Å². The van der Waals surface area contributed by atoms with Crippen molar-refractivity contribution < 1.29 is 5.11 Å². The van der Waals surface area contributed by atoms with Gasteiger partial charge < -0.3 is 5.11 Å². The van der Waals surface area contributed by atoms with Gasteiger partial charge in [0.1, 0.15) is 5.75 Å². The molecule has 172 valence electrons. The molecule has 30 heavy (non-hydrogen) atoms. The molecule has 1 rings (SSSR count). The van der Waals surface area contributed by atoms with Crippen LogP contribution in [0, 0.1) is 0 Å². The Hall–Kier alpha value is -1.24. The van der Waals surface area contributed by atoms with Gasteiger partial charge in [-0.15, -0.1) is 0 Å². The molecule has 0 unspecified atom stereocenters. The first-order valence-electron chi connectivity index (χ1n) is 12.6. The maximum atomic E-state index is 11.0. The van der Waals surface area contributed by atoms with Crippen LogP contribution >= 0.6 is 0 Å². The Kier molecular flexibility index (Phi) is 11.8. The highest BCUT2D eigenvalue weighted by Gasteiger charge is 2.27. The number of rotatable bonds is 13. The molecule has 1 heteroatoms. The number of aromatic hydroxyl groups is 1. The Morgan fingerprint density at radius 3 is 1.77 bits per heavy atom. The van der Waals surface area contributed by atoms with Crippen LogP contribution in [-0.4, -0.2) is 5.11 Å². The number of allylic oxidation sites excluding steroid dienone is 2. The fraction of sp³-hybridized carbons (Fsp3) is 0.724. The predicted molar refractivity (Wildman–Crippen MR) is 135 cm³/mol. The average Bonchev–Trinajstić information content (AvgIpc) is 2.63. The lowest BCUT2D eigenvalue weighted by molar-refractivity contribution is 0.420. The highest BCUT2D eigenvalue weighted by Crippen LogP contribution is 2.41. The van der Waals surface area contributed by atoms with Crippen molar-refractivity contribution in [3.05, 3.63) is 41.0 Å². The first-order chi connectivity index (χ1) is 14.1. The molecule has 0 aliphatic rings. The summed E-state index contributed by atoms with van der Waals surface area (Å²) in [5, 5.41) is 11.0. The summed E-state index contributed by atoms with van der Waals surface area (Å²) < 4.78 is 0. The average molecular weight is 415 g/mol. The first-order valence-corrected chi connectivity index (χ1v) is 12.6. The molecule has 1 aromatic carbocycles. The van der Waals surface area contributed by atoms with Crippen LogP contribution in [0.15, 0.2) is 24.3 Å². The molecule has 0 aromatic heterocycles. The summed E-state index contributed by atoms with van der Waals surface area (Å²) in [5.41, 5.74) is 3.48. The minimum atomic E-state index is -0.0381. The van der Waals surface area contributed by atoms with Gasteiger partial charge in [-0.25, -0.2) is 0 Å². The topological polar surface area (TPSA) is 20.2 Å². The molecule has 0 amide bonds. The maximum Gasteiger partial charge on any atom is 0.123 e. The van der Waals surface area contributed by atoms with Crippen molar-refractivity contribution in [3.8, 4) is 5.75 Å². The van der Waals surface area contributed by atoms with Crippen molar-refractivity contribution in [3.63, 3.8) is 0 Å². The highest BCUT2D eigenvalue weighted by atomic mass is 16.3. The summed E-state index contributed by atoms with van der Waals surface area (Å²) in [4.78, 5) is 0. The van der Waals surface area contributed by atoms with Crippen LogP contribution < -0.4 is 0 Å². The van der Waals surface area contributed by atoms with Crippen LogP contribution in [0.25, 0.3) is 0 Å². The molecule has 0 spiro atoms. The molecular formula is C29H50O. The summed E-state index contributed by atoms with van der Waals surface area (Å²) in [6.45, 7) is 15.5. The largest absolute Gasteiger partial charge is 0.507 e. The SMILES string of the molecule is CCCCCCC=CCCCCCCCc1ccc(C(C)(C)C)c(O)c1C(C)(C)C. The number of aryl methyl sites for hydroxylation is 1. The molecule has 1 N–H and O–H groups in total. The number of benzene rings is 1. The van der Waals surface area contributed by atoms with Gasteiger partial charge in [0.25, 0.3) is 0 Å². The summed E-state index contributed by atoms with van der Waals surface area (Å²) in [7, 11) is 0. The third kappa shape index (κ3) is 9.71. The molecule has 0 atom stereocenters. The standard InChI is InChI=1S/C29H50O/c1-8-9-10-11-12-13-14-15-16-17-18-19-20-21-24-22-23-25(28(2,3)4)27(30)26(24)29(5,6)7/h13-14,22-23,30H,8-12,15-21H2,1-7H3. The van der Waals surface area contributed by atoms with Crippen molar-refractivity contribution in [1.82, 2.24) is 0 Å². The van der Waals surface area contributed by atoms with Gasteiger partial charge in [0, 0.05) is 5.56 Å². The molecule has 0 aliphatic heterocycles. The second kappa shape index (κ2) is 13.2. The molecule has 0 bridgehead atoms. The lowest BCUT2D eigenvalue weighted by atomic mass is 9.76. The normalized spacial score (nSPS) is 12.8. The Labute approximate surface area is 188 Å². The first kappa shape index (κ1) is 26.8. The molecule has 1 nitrogen and oxygen atoms in total. The minimum absolute atomic E-state index is 0.0352. The van der Waals surface area contributed by atoms with E-state index in [9.17, 15) is 5.11 Å². The summed E-state index contributed by atoms with van der Waals surface area (Å²) in [6, 6.07) is 4.42. The van der Waals surface area contributed by atoms with Crippen LogP contribution in [0.2, 0.25) is 0 Å². The van der Waals surface area contributed by atoms with E-state index in [-0.39, 0.29) is 10.8 Å². The van der Waals surface area contributed by atoms with Gasteiger partial charge in [-0.05, 0) is 60.5 Å². The van der Waals surface area contributed by atoms with E-state index in [1.807, 2.05) is 0 Å². The Balaban J connectivity index is 2.40. The highest BCUT2D eigenvalue weighted by molar-refractivity contribution is 5.51. The number of hydrogen-bond acceptors (Lipinski definition) is 1. The third-order valence-corrected chi connectivity index (χ3v) is 6.03. The third-order valence-electron chi connectivity index (χ3n) is 6.03. The van der Waals surface area contributed by atoms with Crippen LogP contribution in [0.4, 0.5) is 0 Å². The van der Waals surface area contributed by atoms with E-state index < -0.39 is 0 Å². The van der Waals surface area contributed by atoms with Crippen LogP contribution in [0.5, 0.6) is 5.75 Å². The van der Waals surface area contributed by atoms with E-state index >= 15 is 0 Å². The van der Waals surface area contributed by atoms with Gasteiger partial charge in [0.05, 0.1) is 0 Å². The van der Waals surface area contributed by atoms with Crippen molar-refractivity contribution in [2.75, 3.05) is 0 Å². The van der Waals surface area contributed by atoms with Crippen LogP contribution in [-0.2, 0) is 17.3 Å². The van der Waals surface area contributed by atoms with E-state index in [1.54, 1.807) is 0 Å². The van der Waals surface area contributed by atoms with Crippen molar-refractivity contribution in [2.45, 2.75) is 136 Å². The molecule has 0 fully saturated rings. The lowest BCUT2D eigenvalue weighted by Crippen LogP contribution is -2.19. The summed E-state index contributed by atoms with van der Waals surface area (Å²) in [6.07, 6.45) is 20.3. The number of hydrogen-bond donors (Lipinski definition) is 1. The minimum Gasteiger partial charge on any atom is -0.507 e. The Morgan fingerprint density at radius 2 is 1.23 bits per heavy atom. The molecular weight excluding hydrogens is 364 g/mol. The van der Waals surface area contributed by atoms with E-state index in [1.165, 1.54) is 76.2 Å². The Morgan fingerprint density at radius 1 is 0.700 bits per heavy atom. The molecule has 0 saturated heterocycles. The lowest BCUT2D eigenvalue weighted by Gasteiger charge is -2.29. The molecule has 1 aromatic rings. The van der Waals surface area contributed by atoms with Gasteiger partial charge in [-0.3, -0.25) is 0 Å². The zero-order valence-electron chi connectivity index (χ0n) is 21.2. The number of phenols is 1. The number of phenolic OH excluding ortho intramolecular Hbond substituents is 1. The number of unbranched alkanes of at least 4 members (excludes halogenated alkanes) is 9. The predicted octanol–water partition coefficient (Wildman–Crippen LogP) is 9.40. The van der Waals surface area contributed by atoms with E-state index in [4.69, 9.17) is 0 Å². The fourth-order valence-electron chi connectivity index (χ4n) is 4.32. The molecule has 0 heterocycles. The van der Waals surface area contributed by atoms with E-state index in [2.05, 4.69) is 72.8 Å². The monoisotopic (exact) mass is 414 g/mol. The van der Waals surface area contributed by atoms with E-state index in [0.29, 0.717) is 5.75 Å². The smallest absolute Gasteiger partial charge is 0.123 e. The second-order valence-electron chi connectivity index (χ2n) is 11.1. The summed E-state index contributed by atoms with van der Waals surface area (Å²) in [5.74, 6) is 0.522. The van der Waals surface area contributed by atoms with Crippen molar-refractivity contribution >= 4 is 0 Å². The van der Waals surface area contributed by atoms with Crippen molar-refractivity contribution in [2.24, 2.45) is 0 Å². The van der Waals surface area contributed by atoms with Crippen LogP contribution in [0.3, 0.4) is 0 Å². The second-order valence-corrected chi connectivity index (χ2v) is 11.1. The zero-order valence-corrected chi connectivity index (χ0v) is 21.2. The summed E-state index contributed by atoms with van der Waals surface area (Å²) >= 11 is 0. The van der Waals surface area contributed by atoms with Gasteiger partial charge in [-0.1, -0.05) is 111 Å². The quantitative estimate of drug-likeness (QED) is 0.252. The zero-order chi connectivity index (χ0) is 22.6. The maximum absolute atomic E-state index is 11.0. The fourth-order valence-corrected chi connectivity index (χ4v) is 4.32. The van der Waals surface area contributed by atoms with Gasteiger partial charge in [0.2, 0.25) is 0 Å². The van der Waals surface area contributed by atoms with Crippen molar-refractivity contribution in [1.29, 1.82) is 0 Å². The molecule has 0 aliphatic carbocycles. The molecule has 0 saturated carbocycles. The van der Waals surface area contributed by atoms with E-state index in [0.717, 1.165) is 17.5 Å². The van der Waals surface area contributed by atoms with Crippen LogP contribution in [0.1, 0.15) is 136 Å².